The zero-order valence-electron chi connectivity index (χ0n) is 14.1. The van der Waals surface area contributed by atoms with E-state index in [-0.39, 0.29) is 17.0 Å². The molecule has 27 heavy (non-hydrogen) atoms. The molecule has 0 spiro atoms. The van der Waals surface area contributed by atoms with E-state index in [4.69, 9.17) is 4.74 Å². The van der Waals surface area contributed by atoms with Gasteiger partial charge in [-0.1, -0.05) is 6.08 Å². The Bertz CT molecular complexity index is 916. The zero-order valence-corrected chi connectivity index (χ0v) is 14.1. The van der Waals surface area contributed by atoms with Crippen molar-refractivity contribution in [2.45, 2.75) is 0 Å². The van der Waals surface area contributed by atoms with Gasteiger partial charge in [-0.3, -0.25) is 20.2 Å². The van der Waals surface area contributed by atoms with Gasteiger partial charge >= 0.3 is 11.9 Å². The smallest absolute Gasteiger partial charge is 0.355 e. The molecule has 0 saturated carbocycles. The van der Waals surface area contributed by atoms with Crippen LogP contribution in [0.3, 0.4) is 0 Å². The van der Waals surface area contributed by atoms with Crippen molar-refractivity contribution < 1.29 is 28.9 Å². The molecule has 0 N–H and O–H groups in total. The highest BCUT2D eigenvalue weighted by atomic mass is 16.6. The molecule has 1 aliphatic heterocycles. The van der Waals surface area contributed by atoms with Crippen LogP contribution in [-0.2, 0) is 19.1 Å². The molecule has 1 aromatic rings. The number of hydrogen-bond acceptors (Lipinski definition) is 9. The van der Waals surface area contributed by atoms with Crippen LogP contribution in [0.1, 0.15) is 0 Å². The standard InChI is InChI=1S/C16H13N3O8/c1-26-15(20)11-5-3-4-8-17(14(11)16(21)27-2)12-7-6-10(18(22)23)9-13(12)19(24)25/h3-9H,1-2H3. The van der Waals surface area contributed by atoms with Crippen molar-refractivity contribution in [1.82, 2.24) is 0 Å². The third-order valence-electron chi connectivity index (χ3n) is 3.52. The lowest BCUT2D eigenvalue weighted by Crippen LogP contribution is -2.27. The first-order chi connectivity index (χ1) is 12.8. The molecule has 1 aromatic carbocycles. The Balaban J connectivity index is 2.78. The Morgan fingerprint density at radius 1 is 1.00 bits per heavy atom. The number of carbonyl (C=O) groups is 2. The number of rotatable bonds is 5. The Hall–Kier alpha value is -4.02. The molecule has 1 aliphatic rings. The molecule has 2 rings (SSSR count). The molecular formula is C16H13N3O8. The van der Waals surface area contributed by atoms with Crippen LogP contribution in [0.15, 0.2) is 53.9 Å². The van der Waals surface area contributed by atoms with Crippen LogP contribution in [0.2, 0.25) is 0 Å². The van der Waals surface area contributed by atoms with Crippen LogP contribution in [0.4, 0.5) is 17.1 Å². The molecule has 0 bridgehead atoms. The average molecular weight is 375 g/mol. The van der Waals surface area contributed by atoms with Crippen molar-refractivity contribution in [2.75, 3.05) is 19.1 Å². The fourth-order valence-corrected chi connectivity index (χ4v) is 2.33. The van der Waals surface area contributed by atoms with E-state index in [1.165, 1.54) is 24.4 Å². The number of nitrogens with zero attached hydrogens (tertiary/aromatic N) is 3. The average Bonchev–Trinajstić information content (AvgIpc) is 2.88. The normalized spacial score (nSPS) is 13.2. The first kappa shape index (κ1) is 19.3. The van der Waals surface area contributed by atoms with Gasteiger partial charge in [0, 0.05) is 12.3 Å². The number of ether oxygens (including phenoxy) is 2. The van der Waals surface area contributed by atoms with Crippen molar-refractivity contribution in [3.63, 3.8) is 0 Å². The fourth-order valence-electron chi connectivity index (χ4n) is 2.33. The maximum absolute atomic E-state index is 12.3. The lowest BCUT2D eigenvalue weighted by Gasteiger charge is -2.22. The number of anilines is 1. The van der Waals surface area contributed by atoms with E-state index in [1.807, 2.05) is 0 Å². The number of carbonyl (C=O) groups excluding carboxylic acids is 2. The lowest BCUT2D eigenvalue weighted by atomic mass is 10.1. The molecule has 1 heterocycles. The van der Waals surface area contributed by atoms with Crippen molar-refractivity contribution in [1.29, 1.82) is 0 Å². The van der Waals surface area contributed by atoms with Crippen LogP contribution >= 0.6 is 0 Å². The summed E-state index contributed by atoms with van der Waals surface area (Å²) in [5.41, 5.74) is -1.86. The first-order valence-electron chi connectivity index (χ1n) is 7.29. The van der Waals surface area contributed by atoms with Crippen molar-refractivity contribution in [3.05, 3.63) is 74.1 Å². The van der Waals surface area contributed by atoms with Crippen LogP contribution in [0.25, 0.3) is 0 Å². The summed E-state index contributed by atoms with van der Waals surface area (Å²) in [6.07, 6.45) is 5.41. The molecule has 11 nitrogen and oxygen atoms in total. The summed E-state index contributed by atoms with van der Waals surface area (Å²) in [6, 6.07) is 2.90. The number of benzene rings is 1. The number of hydrogen-bond donors (Lipinski definition) is 0. The van der Waals surface area contributed by atoms with E-state index in [0.717, 1.165) is 37.3 Å². The SMILES string of the molecule is COC(=O)C1=C(C(=O)OC)N(c2ccc([N+](=O)[O-])cc2[N+](=O)[O-])C=CC=C1. The maximum atomic E-state index is 12.3. The van der Waals surface area contributed by atoms with E-state index < -0.39 is 33.2 Å². The van der Waals surface area contributed by atoms with Gasteiger partial charge in [0.15, 0.2) is 0 Å². The number of non-ortho nitro benzene ring substituents is 1. The second-order valence-electron chi connectivity index (χ2n) is 5.00. The maximum Gasteiger partial charge on any atom is 0.355 e. The molecule has 11 heteroatoms. The summed E-state index contributed by atoms with van der Waals surface area (Å²) in [4.78, 5) is 46.2. The minimum Gasteiger partial charge on any atom is -0.465 e. The number of nitro groups is 2. The summed E-state index contributed by atoms with van der Waals surface area (Å²) >= 11 is 0. The van der Waals surface area contributed by atoms with Crippen LogP contribution in [-0.4, -0.2) is 36.0 Å². The molecule has 0 amide bonds. The predicted molar refractivity (Wildman–Crippen MR) is 91.6 cm³/mol. The van der Waals surface area contributed by atoms with E-state index in [2.05, 4.69) is 4.74 Å². The van der Waals surface area contributed by atoms with Crippen molar-refractivity contribution in [3.8, 4) is 0 Å². The first-order valence-corrected chi connectivity index (χ1v) is 7.29. The van der Waals surface area contributed by atoms with Gasteiger partial charge in [-0.15, -0.1) is 0 Å². The van der Waals surface area contributed by atoms with Crippen LogP contribution in [0.5, 0.6) is 0 Å². The van der Waals surface area contributed by atoms with Gasteiger partial charge in [-0.2, -0.15) is 0 Å². The predicted octanol–water partition coefficient (Wildman–Crippen LogP) is 1.99. The Morgan fingerprint density at radius 3 is 2.22 bits per heavy atom. The summed E-state index contributed by atoms with van der Waals surface area (Å²) in [7, 11) is 2.18. The molecule has 0 unspecified atom stereocenters. The second kappa shape index (κ2) is 7.91. The van der Waals surface area contributed by atoms with Gasteiger partial charge < -0.3 is 14.4 Å². The minimum atomic E-state index is -0.959. The van der Waals surface area contributed by atoms with Crippen LogP contribution < -0.4 is 4.90 Å². The largest absolute Gasteiger partial charge is 0.465 e. The molecule has 0 aromatic heterocycles. The van der Waals surface area contributed by atoms with Gasteiger partial charge in [-0.25, -0.2) is 9.59 Å². The van der Waals surface area contributed by atoms with E-state index in [9.17, 15) is 29.8 Å². The minimum absolute atomic E-state index is 0.174. The summed E-state index contributed by atoms with van der Waals surface area (Å²) in [5, 5.41) is 22.4. The highest BCUT2D eigenvalue weighted by Crippen LogP contribution is 2.36. The molecule has 0 aliphatic carbocycles. The van der Waals surface area contributed by atoms with E-state index in [0.29, 0.717) is 0 Å². The topological polar surface area (TPSA) is 142 Å². The second-order valence-corrected chi connectivity index (χ2v) is 5.00. The Morgan fingerprint density at radius 2 is 1.67 bits per heavy atom. The van der Waals surface area contributed by atoms with Crippen LogP contribution in [0, 0.1) is 20.2 Å². The highest BCUT2D eigenvalue weighted by Gasteiger charge is 2.32. The number of esters is 2. The van der Waals surface area contributed by atoms with Gasteiger partial charge in [0.05, 0.1) is 35.7 Å². The van der Waals surface area contributed by atoms with Crippen molar-refractivity contribution in [2.24, 2.45) is 0 Å². The number of allylic oxidation sites excluding steroid dienone is 2. The molecule has 0 fully saturated rings. The molecule has 0 radical (unpaired) electrons. The van der Waals surface area contributed by atoms with E-state index in [1.54, 1.807) is 0 Å². The summed E-state index contributed by atoms with van der Waals surface area (Å²) in [5.74, 6) is -1.83. The molecule has 0 saturated heterocycles. The van der Waals surface area contributed by atoms with Gasteiger partial charge in [0.25, 0.3) is 11.4 Å². The Labute approximate surface area is 152 Å². The quantitative estimate of drug-likeness (QED) is 0.429. The van der Waals surface area contributed by atoms with E-state index >= 15 is 0 Å². The Kier molecular flexibility index (Phi) is 5.65. The summed E-state index contributed by atoms with van der Waals surface area (Å²) in [6.45, 7) is 0. The van der Waals surface area contributed by atoms with Gasteiger partial charge in [0.2, 0.25) is 0 Å². The molecule has 0 atom stereocenters. The fraction of sp³-hybridized carbons (Fsp3) is 0.125. The lowest BCUT2D eigenvalue weighted by molar-refractivity contribution is -0.393. The third-order valence-corrected chi connectivity index (χ3v) is 3.52. The zero-order chi connectivity index (χ0) is 20.1. The molecular weight excluding hydrogens is 362 g/mol. The van der Waals surface area contributed by atoms with Crippen molar-refractivity contribution >= 4 is 29.0 Å². The number of nitro benzene ring substituents is 2. The van der Waals surface area contributed by atoms with Gasteiger partial charge in [0.1, 0.15) is 11.4 Å². The highest BCUT2D eigenvalue weighted by molar-refractivity contribution is 6.05. The third kappa shape index (κ3) is 3.81. The summed E-state index contributed by atoms with van der Waals surface area (Å²) < 4.78 is 9.34. The molecule has 140 valence electrons. The van der Waals surface area contributed by atoms with Gasteiger partial charge in [-0.05, 0) is 18.2 Å². The number of methoxy groups -OCH3 is 2. The monoisotopic (exact) mass is 375 g/mol.